The predicted octanol–water partition coefficient (Wildman–Crippen LogP) is 1.14. The minimum absolute atomic E-state index is 0.387. The first kappa shape index (κ1) is 9.97. The minimum atomic E-state index is 0.387. The van der Waals surface area contributed by atoms with Gasteiger partial charge in [0.05, 0.1) is 0 Å². The third kappa shape index (κ3) is 2.27. The first-order chi connectivity index (χ1) is 6.88. The summed E-state index contributed by atoms with van der Waals surface area (Å²) < 4.78 is 0. The summed E-state index contributed by atoms with van der Waals surface area (Å²) in [5.74, 6) is 0.387. The standard InChI is InChI=1S/C11H20N2O/c14-11-6-3-7-12-8-9-13(11)10-4-1-2-5-10/h10,12H,1-9H2. The average molecular weight is 196 g/mol. The Morgan fingerprint density at radius 3 is 2.71 bits per heavy atom. The molecule has 14 heavy (non-hydrogen) atoms. The lowest BCUT2D eigenvalue weighted by molar-refractivity contribution is -0.133. The molecule has 2 fully saturated rings. The normalized spacial score (nSPS) is 26.3. The van der Waals surface area contributed by atoms with Crippen LogP contribution in [-0.2, 0) is 4.79 Å². The highest BCUT2D eigenvalue weighted by Crippen LogP contribution is 2.24. The molecule has 1 aliphatic carbocycles. The van der Waals surface area contributed by atoms with Crippen molar-refractivity contribution in [2.45, 2.75) is 44.6 Å². The van der Waals surface area contributed by atoms with E-state index in [0.717, 1.165) is 32.5 Å². The topological polar surface area (TPSA) is 32.3 Å². The zero-order valence-corrected chi connectivity index (χ0v) is 8.80. The summed E-state index contributed by atoms with van der Waals surface area (Å²) in [6, 6.07) is 0.558. The average Bonchev–Trinajstić information content (AvgIpc) is 2.65. The Morgan fingerprint density at radius 2 is 1.93 bits per heavy atom. The van der Waals surface area contributed by atoms with Gasteiger partial charge in [0.25, 0.3) is 0 Å². The van der Waals surface area contributed by atoms with Crippen molar-refractivity contribution in [1.82, 2.24) is 10.2 Å². The second-order valence-corrected chi connectivity index (χ2v) is 4.38. The smallest absolute Gasteiger partial charge is 0.222 e. The molecule has 1 saturated heterocycles. The summed E-state index contributed by atoms with van der Waals surface area (Å²) in [6.07, 6.45) is 6.81. The van der Waals surface area contributed by atoms with Gasteiger partial charge in [0.15, 0.2) is 0 Å². The first-order valence-corrected chi connectivity index (χ1v) is 5.88. The number of amides is 1. The SMILES string of the molecule is O=C1CCCNCCN1C1CCCC1. The van der Waals surface area contributed by atoms with E-state index in [0.29, 0.717) is 11.9 Å². The minimum Gasteiger partial charge on any atom is -0.338 e. The van der Waals surface area contributed by atoms with Gasteiger partial charge in [-0.25, -0.2) is 0 Å². The van der Waals surface area contributed by atoms with Crippen LogP contribution in [0.2, 0.25) is 0 Å². The highest BCUT2D eigenvalue weighted by Gasteiger charge is 2.26. The van der Waals surface area contributed by atoms with Gasteiger partial charge >= 0.3 is 0 Å². The van der Waals surface area contributed by atoms with Crippen molar-refractivity contribution in [3.63, 3.8) is 0 Å². The fraction of sp³-hybridized carbons (Fsp3) is 0.909. The van der Waals surface area contributed by atoms with E-state index in [1.165, 1.54) is 25.7 Å². The van der Waals surface area contributed by atoms with E-state index >= 15 is 0 Å². The molecule has 1 heterocycles. The molecule has 0 aromatic heterocycles. The Bertz CT molecular complexity index is 199. The molecule has 0 aromatic rings. The number of rotatable bonds is 1. The van der Waals surface area contributed by atoms with Crippen molar-refractivity contribution >= 4 is 5.91 Å². The lowest BCUT2D eigenvalue weighted by atomic mass is 10.1. The van der Waals surface area contributed by atoms with Crippen LogP contribution in [0.15, 0.2) is 0 Å². The van der Waals surface area contributed by atoms with E-state index in [2.05, 4.69) is 10.2 Å². The number of carbonyl (C=O) groups is 1. The molecular formula is C11H20N2O. The van der Waals surface area contributed by atoms with Crippen LogP contribution in [0.3, 0.4) is 0 Å². The van der Waals surface area contributed by atoms with Crippen LogP contribution >= 0.6 is 0 Å². The first-order valence-electron chi connectivity index (χ1n) is 5.88. The van der Waals surface area contributed by atoms with Crippen LogP contribution in [0.4, 0.5) is 0 Å². The zero-order chi connectivity index (χ0) is 9.80. The molecule has 3 nitrogen and oxygen atoms in total. The summed E-state index contributed by atoms with van der Waals surface area (Å²) in [5.41, 5.74) is 0. The molecule has 1 saturated carbocycles. The molecule has 2 aliphatic rings. The second-order valence-electron chi connectivity index (χ2n) is 4.38. The Balaban J connectivity index is 1.94. The van der Waals surface area contributed by atoms with Gasteiger partial charge < -0.3 is 10.2 Å². The number of nitrogens with one attached hydrogen (secondary N) is 1. The van der Waals surface area contributed by atoms with Crippen molar-refractivity contribution in [3.05, 3.63) is 0 Å². The van der Waals surface area contributed by atoms with Crippen LogP contribution < -0.4 is 5.32 Å². The second kappa shape index (κ2) is 4.78. The fourth-order valence-corrected chi connectivity index (χ4v) is 2.56. The molecular weight excluding hydrogens is 176 g/mol. The molecule has 80 valence electrons. The van der Waals surface area contributed by atoms with Crippen molar-refractivity contribution in [3.8, 4) is 0 Å². The summed E-state index contributed by atoms with van der Waals surface area (Å²) in [6.45, 7) is 2.90. The predicted molar refractivity (Wildman–Crippen MR) is 56.1 cm³/mol. The molecule has 0 aromatic carbocycles. The van der Waals surface area contributed by atoms with Gasteiger partial charge in [0.2, 0.25) is 5.91 Å². The van der Waals surface area contributed by atoms with E-state index in [-0.39, 0.29) is 0 Å². The zero-order valence-electron chi connectivity index (χ0n) is 8.80. The van der Waals surface area contributed by atoms with Crippen molar-refractivity contribution in [2.75, 3.05) is 19.6 Å². The lowest BCUT2D eigenvalue weighted by Gasteiger charge is -2.30. The molecule has 1 N–H and O–H groups in total. The van der Waals surface area contributed by atoms with E-state index in [4.69, 9.17) is 0 Å². The van der Waals surface area contributed by atoms with Crippen LogP contribution in [0, 0.1) is 0 Å². The number of carbonyl (C=O) groups excluding carboxylic acids is 1. The Kier molecular flexibility index (Phi) is 3.40. The maximum absolute atomic E-state index is 11.9. The van der Waals surface area contributed by atoms with Gasteiger partial charge in [0.1, 0.15) is 0 Å². The molecule has 0 radical (unpaired) electrons. The highest BCUT2D eigenvalue weighted by molar-refractivity contribution is 5.76. The van der Waals surface area contributed by atoms with Gasteiger partial charge in [-0.05, 0) is 25.8 Å². The molecule has 2 rings (SSSR count). The summed E-state index contributed by atoms with van der Waals surface area (Å²) in [4.78, 5) is 14.0. The van der Waals surface area contributed by atoms with Gasteiger partial charge in [0, 0.05) is 25.6 Å². The van der Waals surface area contributed by atoms with Gasteiger partial charge in [-0.15, -0.1) is 0 Å². The third-order valence-electron chi connectivity index (χ3n) is 3.36. The molecule has 1 aliphatic heterocycles. The Hall–Kier alpha value is -0.570. The summed E-state index contributed by atoms with van der Waals surface area (Å²) >= 11 is 0. The van der Waals surface area contributed by atoms with Crippen LogP contribution in [0.25, 0.3) is 0 Å². The van der Waals surface area contributed by atoms with Gasteiger partial charge in [-0.1, -0.05) is 12.8 Å². The van der Waals surface area contributed by atoms with Crippen molar-refractivity contribution < 1.29 is 4.79 Å². The maximum atomic E-state index is 11.9. The van der Waals surface area contributed by atoms with E-state index < -0.39 is 0 Å². The van der Waals surface area contributed by atoms with Crippen molar-refractivity contribution in [2.24, 2.45) is 0 Å². The van der Waals surface area contributed by atoms with Crippen LogP contribution in [0.5, 0.6) is 0 Å². The Morgan fingerprint density at radius 1 is 1.14 bits per heavy atom. The Labute approximate surface area is 85.8 Å². The number of nitrogens with zero attached hydrogens (tertiary/aromatic N) is 1. The lowest BCUT2D eigenvalue weighted by Crippen LogP contribution is -2.44. The van der Waals surface area contributed by atoms with Gasteiger partial charge in [-0.2, -0.15) is 0 Å². The van der Waals surface area contributed by atoms with Crippen LogP contribution in [0.1, 0.15) is 38.5 Å². The number of hydrogen-bond acceptors (Lipinski definition) is 2. The monoisotopic (exact) mass is 196 g/mol. The number of hydrogen-bond donors (Lipinski definition) is 1. The van der Waals surface area contributed by atoms with E-state index in [1.54, 1.807) is 0 Å². The summed E-state index contributed by atoms with van der Waals surface area (Å²) in [5, 5.41) is 3.37. The fourth-order valence-electron chi connectivity index (χ4n) is 2.56. The highest BCUT2D eigenvalue weighted by atomic mass is 16.2. The van der Waals surface area contributed by atoms with Gasteiger partial charge in [-0.3, -0.25) is 4.79 Å². The molecule has 0 spiro atoms. The summed E-state index contributed by atoms with van der Waals surface area (Å²) in [7, 11) is 0. The molecule has 3 heteroatoms. The molecule has 0 atom stereocenters. The van der Waals surface area contributed by atoms with Crippen LogP contribution in [-0.4, -0.2) is 36.5 Å². The quantitative estimate of drug-likeness (QED) is 0.682. The van der Waals surface area contributed by atoms with E-state index in [1.807, 2.05) is 0 Å². The molecule has 0 unspecified atom stereocenters. The maximum Gasteiger partial charge on any atom is 0.222 e. The molecule has 0 bridgehead atoms. The van der Waals surface area contributed by atoms with Crippen molar-refractivity contribution in [1.29, 1.82) is 0 Å². The molecule has 1 amide bonds. The van der Waals surface area contributed by atoms with E-state index in [9.17, 15) is 4.79 Å². The largest absolute Gasteiger partial charge is 0.338 e. The third-order valence-corrected chi connectivity index (χ3v) is 3.36.